The van der Waals surface area contributed by atoms with Crippen molar-refractivity contribution < 1.29 is 22.7 Å². The Kier molecular flexibility index (Phi) is 5.27. The Hall–Kier alpha value is -3.09. The predicted octanol–water partition coefficient (Wildman–Crippen LogP) is 5.79. The first kappa shape index (κ1) is 19.7. The van der Waals surface area contributed by atoms with Crippen LogP contribution < -0.4 is 5.32 Å². The molecule has 0 amide bonds. The van der Waals surface area contributed by atoms with Gasteiger partial charge in [-0.1, -0.05) is 18.2 Å². The normalized spacial score (nSPS) is 11.5. The van der Waals surface area contributed by atoms with Gasteiger partial charge in [-0.05, 0) is 50.1 Å². The van der Waals surface area contributed by atoms with Gasteiger partial charge in [0.2, 0.25) is 0 Å². The molecule has 7 heteroatoms. The fourth-order valence-electron chi connectivity index (χ4n) is 2.89. The summed E-state index contributed by atoms with van der Waals surface area (Å²) in [4.78, 5) is 16.5. The second-order valence-electron chi connectivity index (χ2n) is 6.37. The zero-order valence-electron chi connectivity index (χ0n) is 15.6. The van der Waals surface area contributed by atoms with E-state index in [1.165, 1.54) is 12.3 Å². The number of nitrogens with one attached hydrogen (secondary N) is 1. The highest BCUT2D eigenvalue weighted by Crippen LogP contribution is 2.35. The van der Waals surface area contributed by atoms with Crippen LogP contribution in [0, 0.1) is 13.8 Å². The first-order valence-electron chi connectivity index (χ1n) is 8.72. The molecule has 1 aromatic heterocycles. The molecule has 2 aromatic carbocycles. The summed E-state index contributed by atoms with van der Waals surface area (Å²) in [5.41, 5.74) is 2.62. The van der Waals surface area contributed by atoms with Crippen molar-refractivity contribution in [2.24, 2.45) is 0 Å². The van der Waals surface area contributed by atoms with Crippen molar-refractivity contribution in [1.82, 2.24) is 4.98 Å². The number of pyridine rings is 1. The summed E-state index contributed by atoms with van der Waals surface area (Å²) in [5, 5.41) is 3.60. The van der Waals surface area contributed by atoms with Gasteiger partial charge in [0, 0.05) is 17.3 Å². The maximum atomic E-state index is 13.1. The van der Waals surface area contributed by atoms with Crippen LogP contribution in [0.2, 0.25) is 0 Å². The number of fused-ring (bicyclic) bond motifs is 1. The second kappa shape index (κ2) is 7.50. The summed E-state index contributed by atoms with van der Waals surface area (Å²) in [7, 11) is 0. The highest BCUT2D eigenvalue weighted by atomic mass is 19.4. The van der Waals surface area contributed by atoms with Crippen molar-refractivity contribution in [3.63, 3.8) is 0 Å². The summed E-state index contributed by atoms with van der Waals surface area (Å²) in [5.74, 6) is -0.593. The SMILES string of the molecule is CCOC(=O)c1cnc2cc(C(F)(F)F)ccc2c1Nc1cccc(C)c1C. The minimum absolute atomic E-state index is 0.135. The molecular weight excluding hydrogens is 369 g/mol. The maximum absolute atomic E-state index is 13.1. The third-order valence-electron chi connectivity index (χ3n) is 4.56. The number of aromatic nitrogens is 1. The summed E-state index contributed by atoms with van der Waals surface area (Å²) in [6, 6.07) is 8.92. The van der Waals surface area contributed by atoms with Gasteiger partial charge in [0.15, 0.2) is 0 Å². The average Bonchev–Trinajstić information content (AvgIpc) is 2.64. The number of ether oxygens (including phenoxy) is 1. The van der Waals surface area contributed by atoms with Crippen LogP contribution in [0.1, 0.15) is 34.0 Å². The van der Waals surface area contributed by atoms with E-state index >= 15 is 0 Å². The Labute approximate surface area is 160 Å². The van der Waals surface area contributed by atoms with Crippen molar-refractivity contribution in [1.29, 1.82) is 0 Å². The van der Waals surface area contributed by atoms with E-state index in [0.29, 0.717) is 11.1 Å². The number of alkyl halides is 3. The number of aryl methyl sites for hydroxylation is 1. The molecule has 0 radical (unpaired) electrons. The van der Waals surface area contributed by atoms with Gasteiger partial charge >= 0.3 is 12.1 Å². The Morgan fingerprint density at radius 2 is 1.93 bits per heavy atom. The zero-order valence-corrected chi connectivity index (χ0v) is 15.6. The van der Waals surface area contributed by atoms with Gasteiger partial charge in [-0.15, -0.1) is 0 Å². The van der Waals surface area contributed by atoms with Crippen molar-refractivity contribution in [2.45, 2.75) is 26.9 Å². The van der Waals surface area contributed by atoms with Gasteiger partial charge in [-0.3, -0.25) is 4.98 Å². The molecule has 0 fully saturated rings. The molecule has 0 aliphatic heterocycles. The quantitative estimate of drug-likeness (QED) is 0.575. The van der Waals surface area contributed by atoms with Crippen molar-refractivity contribution >= 4 is 28.2 Å². The second-order valence-corrected chi connectivity index (χ2v) is 6.37. The van der Waals surface area contributed by atoms with E-state index in [-0.39, 0.29) is 17.7 Å². The van der Waals surface area contributed by atoms with Crippen LogP contribution in [0.3, 0.4) is 0 Å². The van der Waals surface area contributed by atoms with Crippen LogP contribution >= 0.6 is 0 Å². The number of carbonyl (C=O) groups excluding carboxylic acids is 1. The molecule has 0 atom stereocenters. The first-order chi connectivity index (χ1) is 13.2. The fraction of sp³-hybridized carbons (Fsp3) is 0.238. The number of benzene rings is 2. The number of anilines is 2. The number of hydrogen-bond acceptors (Lipinski definition) is 4. The predicted molar refractivity (Wildman–Crippen MR) is 102 cm³/mol. The summed E-state index contributed by atoms with van der Waals surface area (Å²) in [6.45, 7) is 5.73. The molecule has 0 unspecified atom stereocenters. The molecule has 0 spiro atoms. The molecule has 4 nitrogen and oxygen atoms in total. The van der Waals surface area contributed by atoms with E-state index in [1.807, 2.05) is 32.0 Å². The summed E-state index contributed by atoms with van der Waals surface area (Å²) >= 11 is 0. The van der Waals surface area contributed by atoms with Gasteiger partial charge in [0.05, 0.1) is 23.4 Å². The standard InChI is InChI=1S/C21H19F3N2O2/c1-4-28-20(27)16-11-25-18-10-14(21(22,23)24)8-9-15(18)19(16)26-17-7-5-6-12(2)13(17)3/h5-11H,4H2,1-3H3,(H,25,26). The molecule has 0 aliphatic carbocycles. The Morgan fingerprint density at radius 1 is 1.18 bits per heavy atom. The first-order valence-corrected chi connectivity index (χ1v) is 8.72. The Bertz CT molecular complexity index is 1050. The van der Waals surface area contributed by atoms with Crippen molar-refractivity contribution in [3.05, 3.63) is 64.8 Å². The van der Waals surface area contributed by atoms with Gasteiger partial charge in [-0.25, -0.2) is 4.79 Å². The third kappa shape index (κ3) is 3.78. The Balaban J connectivity index is 2.21. The van der Waals surface area contributed by atoms with E-state index in [1.54, 1.807) is 6.92 Å². The van der Waals surface area contributed by atoms with Crippen LogP contribution in [0.15, 0.2) is 42.6 Å². The van der Waals surface area contributed by atoms with Gasteiger partial charge in [0.1, 0.15) is 5.56 Å². The van der Waals surface area contributed by atoms with Gasteiger partial charge in [0.25, 0.3) is 0 Å². The molecule has 0 aliphatic rings. The number of halogens is 3. The highest BCUT2D eigenvalue weighted by Gasteiger charge is 2.31. The lowest BCUT2D eigenvalue weighted by Crippen LogP contribution is -2.10. The fourth-order valence-corrected chi connectivity index (χ4v) is 2.89. The lowest BCUT2D eigenvalue weighted by Gasteiger charge is -2.17. The maximum Gasteiger partial charge on any atom is 0.416 e. The van der Waals surface area contributed by atoms with Gasteiger partial charge in [-0.2, -0.15) is 13.2 Å². The highest BCUT2D eigenvalue weighted by molar-refractivity contribution is 6.06. The number of nitrogens with zero attached hydrogens (tertiary/aromatic N) is 1. The lowest BCUT2D eigenvalue weighted by atomic mass is 10.0. The number of carbonyl (C=O) groups is 1. The van der Waals surface area contributed by atoms with Crippen LogP contribution in [-0.4, -0.2) is 17.6 Å². The molecule has 1 N–H and O–H groups in total. The van der Waals surface area contributed by atoms with E-state index in [4.69, 9.17) is 4.74 Å². The third-order valence-corrected chi connectivity index (χ3v) is 4.56. The minimum atomic E-state index is -4.48. The largest absolute Gasteiger partial charge is 0.462 e. The number of esters is 1. The van der Waals surface area contributed by atoms with Crippen molar-refractivity contribution in [2.75, 3.05) is 11.9 Å². The zero-order chi connectivity index (χ0) is 20.5. The molecule has 0 saturated carbocycles. The minimum Gasteiger partial charge on any atom is -0.462 e. The van der Waals surface area contributed by atoms with Crippen LogP contribution in [-0.2, 0) is 10.9 Å². The van der Waals surface area contributed by atoms with E-state index < -0.39 is 17.7 Å². The van der Waals surface area contributed by atoms with E-state index in [0.717, 1.165) is 28.9 Å². The smallest absolute Gasteiger partial charge is 0.416 e. The van der Waals surface area contributed by atoms with Crippen LogP contribution in [0.4, 0.5) is 24.5 Å². The molecule has 1 heterocycles. The molecule has 146 valence electrons. The van der Waals surface area contributed by atoms with Crippen LogP contribution in [0.5, 0.6) is 0 Å². The summed E-state index contributed by atoms with van der Waals surface area (Å²) in [6.07, 6.45) is -3.23. The van der Waals surface area contributed by atoms with Crippen molar-refractivity contribution in [3.8, 4) is 0 Å². The van der Waals surface area contributed by atoms with E-state index in [2.05, 4.69) is 10.3 Å². The number of hydrogen-bond donors (Lipinski definition) is 1. The monoisotopic (exact) mass is 388 g/mol. The molecule has 0 saturated heterocycles. The molecule has 3 aromatic rings. The van der Waals surface area contributed by atoms with Gasteiger partial charge < -0.3 is 10.1 Å². The summed E-state index contributed by atoms with van der Waals surface area (Å²) < 4.78 is 44.2. The Morgan fingerprint density at radius 3 is 2.61 bits per heavy atom. The molecular formula is C21H19F3N2O2. The molecule has 28 heavy (non-hydrogen) atoms. The molecule has 3 rings (SSSR count). The lowest BCUT2D eigenvalue weighted by molar-refractivity contribution is -0.137. The van der Waals surface area contributed by atoms with Crippen LogP contribution in [0.25, 0.3) is 10.9 Å². The number of rotatable bonds is 4. The topological polar surface area (TPSA) is 51.2 Å². The average molecular weight is 388 g/mol. The molecule has 0 bridgehead atoms. The van der Waals surface area contributed by atoms with E-state index in [9.17, 15) is 18.0 Å².